The molecule has 0 heterocycles. The summed E-state index contributed by atoms with van der Waals surface area (Å²) in [6, 6.07) is 0. The molecule has 0 radical (unpaired) electrons. The average molecular weight is 104 g/mol. The summed E-state index contributed by atoms with van der Waals surface area (Å²) in [4.78, 5) is 0. The first-order valence-electron chi connectivity index (χ1n) is 2.44. The summed E-state index contributed by atoms with van der Waals surface area (Å²) in [5.41, 5.74) is 0. The van der Waals surface area contributed by atoms with Gasteiger partial charge in [-0.3, -0.25) is 0 Å². The number of aliphatic hydroxyl groups excluding tert-OH is 1. The summed E-state index contributed by atoms with van der Waals surface area (Å²) in [6.45, 7) is 2.40. The molecule has 0 aromatic rings. The van der Waals surface area contributed by atoms with E-state index in [1.165, 1.54) is 0 Å². The minimum Gasteiger partial charge on any atom is -0.393 e. The minimum atomic E-state index is -0.222. The van der Waals surface area contributed by atoms with E-state index in [1.807, 2.05) is 0 Å². The van der Waals surface area contributed by atoms with Gasteiger partial charge in [-0.1, -0.05) is 0 Å². The summed E-state index contributed by atoms with van der Waals surface area (Å²) in [7, 11) is 1.63. The number of aliphatic hydroxyl groups is 1. The molecule has 0 aromatic heterocycles. The van der Waals surface area contributed by atoms with Crippen molar-refractivity contribution in [2.24, 2.45) is 0 Å². The van der Waals surface area contributed by atoms with Crippen molar-refractivity contribution in [3.8, 4) is 0 Å². The highest BCUT2D eigenvalue weighted by molar-refractivity contribution is 4.42. The average Bonchev–Trinajstić information content (AvgIpc) is 1.61. The standard InChI is InChI=1S/C5H12O2/c1-5(6)3-4-7-2/h5-6H,3-4H2,1-2H3/t5-/m1/s1. The predicted octanol–water partition coefficient (Wildman–Crippen LogP) is 0.404. The molecule has 0 saturated heterocycles. The second-order valence-corrected chi connectivity index (χ2v) is 1.63. The number of hydrogen-bond acceptors (Lipinski definition) is 2. The SMILES string of the molecule is COCC[C@@H](C)O. The predicted molar refractivity (Wildman–Crippen MR) is 28.2 cm³/mol. The van der Waals surface area contributed by atoms with E-state index in [4.69, 9.17) is 9.84 Å². The second kappa shape index (κ2) is 4.09. The summed E-state index contributed by atoms with van der Waals surface area (Å²) in [5, 5.41) is 8.60. The molecule has 7 heavy (non-hydrogen) atoms. The van der Waals surface area contributed by atoms with Crippen molar-refractivity contribution in [1.29, 1.82) is 0 Å². The lowest BCUT2D eigenvalue weighted by Gasteiger charge is -1.99. The fourth-order valence-electron chi connectivity index (χ4n) is 0.288. The van der Waals surface area contributed by atoms with Gasteiger partial charge in [-0.2, -0.15) is 0 Å². The van der Waals surface area contributed by atoms with Crippen molar-refractivity contribution in [1.82, 2.24) is 0 Å². The summed E-state index contributed by atoms with van der Waals surface area (Å²) >= 11 is 0. The number of rotatable bonds is 3. The zero-order chi connectivity index (χ0) is 5.70. The number of hydrogen-bond donors (Lipinski definition) is 1. The van der Waals surface area contributed by atoms with Gasteiger partial charge >= 0.3 is 0 Å². The van der Waals surface area contributed by atoms with Crippen LogP contribution >= 0.6 is 0 Å². The molecule has 0 aliphatic rings. The van der Waals surface area contributed by atoms with Gasteiger partial charge in [-0.25, -0.2) is 0 Å². The molecule has 0 bridgehead atoms. The van der Waals surface area contributed by atoms with E-state index < -0.39 is 0 Å². The quantitative estimate of drug-likeness (QED) is 0.561. The van der Waals surface area contributed by atoms with Crippen molar-refractivity contribution >= 4 is 0 Å². The zero-order valence-corrected chi connectivity index (χ0v) is 4.85. The van der Waals surface area contributed by atoms with Crippen LogP contribution in [0.15, 0.2) is 0 Å². The van der Waals surface area contributed by atoms with Crippen molar-refractivity contribution < 1.29 is 9.84 Å². The topological polar surface area (TPSA) is 29.5 Å². The summed E-state index contributed by atoms with van der Waals surface area (Å²) < 4.78 is 4.69. The molecule has 0 unspecified atom stereocenters. The van der Waals surface area contributed by atoms with E-state index in [-0.39, 0.29) is 6.10 Å². The molecule has 0 aliphatic carbocycles. The summed E-state index contributed by atoms with van der Waals surface area (Å²) in [6.07, 6.45) is 0.510. The molecule has 0 amide bonds. The molecule has 2 nitrogen and oxygen atoms in total. The highest BCUT2D eigenvalue weighted by Crippen LogP contribution is 1.86. The lowest BCUT2D eigenvalue weighted by molar-refractivity contribution is 0.121. The maximum atomic E-state index is 8.60. The van der Waals surface area contributed by atoms with Gasteiger partial charge in [0.25, 0.3) is 0 Å². The van der Waals surface area contributed by atoms with Crippen molar-refractivity contribution in [2.45, 2.75) is 19.4 Å². The second-order valence-electron chi connectivity index (χ2n) is 1.63. The van der Waals surface area contributed by atoms with Gasteiger partial charge in [-0.05, 0) is 13.3 Å². The third-order valence-electron chi connectivity index (χ3n) is 0.740. The monoisotopic (exact) mass is 104 g/mol. The normalized spacial score (nSPS) is 14.1. The van der Waals surface area contributed by atoms with Crippen LogP contribution in [-0.2, 0) is 4.74 Å². The van der Waals surface area contributed by atoms with E-state index in [0.29, 0.717) is 6.61 Å². The van der Waals surface area contributed by atoms with Gasteiger partial charge in [0.2, 0.25) is 0 Å². The Kier molecular flexibility index (Phi) is 4.04. The molecule has 0 fully saturated rings. The molecule has 0 spiro atoms. The van der Waals surface area contributed by atoms with Gasteiger partial charge in [0, 0.05) is 13.7 Å². The Morgan fingerprint density at radius 1 is 1.71 bits per heavy atom. The van der Waals surface area contributed by atoms with Crippen LogP contribution in [0.3, 0.4) is 0 Å². The van der Waals surface area contributed by atoms with Crippen LogP contribution in [0, 0.1) is 0 Å². The highest BCUT2D eigenvalue weighted by atomic mass is 16.5. The van der Waals surface area contributed by atoms with E-state index in [0.717, 1.165) is 6.42 Å². The Bertz CT molecular complexity index is 35.1. The molecule has 1 N–H and O–H groups in total. The lowest BCUT2D eigenvalue weighted by atomic mass is 10.3. The van der Waals surface area contributed by atoms with Crippen LogP contribution in [0.5, 0.6) is 0 Å². The fourth-order valence-corrected chi connectivity index (χ4v) is 0.288. The Labute approximate surface area is 44.1 Å². The molecular weight excluding hydrogens is 92.1 g/mol. The largest absolute Gasteiger partial charge is 0.393 e. The smallest absolute Gasteiger partial charge is 0.0534 e. The Hall–Kier alpha value is -0.0800. The maximum Gasteiger partial charge on any atom is 0.0534 e. The Balaban J connectivity index is 2.68. The fraction of sp³-hybridized carbons (Fsp3) is 1.00. The number of methoxy groups -OCH3 is 1. The van der Waals surface area contributed by atoms with Crippen LogP contribution in [-0.4, -0.2) is 24.9 Å². The van der Waals surface area contributed by atoms with Crippen LogP contribution in [0.4, 0.5) is 0 Å². The molecule has 44 valence electrons. The molecule has 1 atom stereocenters. The number of ether oxygens (including phenoxy) is 1. The van der Waals surface area contributed by atoms with Gasteiger partial charge in [0.15, 0.2) is 0 Å². The van der Waals surface area contributed by atoms with E-state index in [1.54, 1.807) is 14.0 Å². The molecule has 2 heteroatoms. The first-order valence-corrected chi connectivity index (χ1v) is 2.44. The van der Waals surface area contributed by atoms with Gasteiger partial charge in [0.1, 0.15) is 0 Å². The first-order chi connectivity index (χ1) is 3.27. The Morgan fingerprint density at radius 3 is 2.43 bits per heavy atom. The molecule has 0 aliphatic heterocycles. The Morgan fingerprint density at radius 2 is 2.29 bits per heavy atom. The minimum absolute atomic E-state index is 0.222. The highest BCUT2D eigenvalue weighted by Gasteiger charge is 1.90. The maximum absolute atomic E-state index is 8.60. The van der Waals surface area contributed by atoms with Crippen molar-refractivity contribution in [3.63, 3.8) is 0 Å². The first kappa shape index (κ1) is 6.92. The van der Waals surface area contributed by atoms with Crippen molar-refractivity contribution in [3.05, 3.63) is 0 Å². The molecular formula is C5H12O2. The molecule has 0 saturated carbocycles. The van der Waals surface area contributed by atoms with Gasteiger partial charge < -0.3 is 9.84 Å². The molecule has 0 rings (SSSR count). The van der Waals surface area contributed by atoms with E-state index >= 15 is 0 Å². The summed E-state index contributed by atoms with van der Waals surface area (Å²) in [5.74, 6) is 0. The van der Waals surface area contributed by atoms with Crippen LogP contribution in [0.1, 0.15) is 13.3 Å². The lowest BCUT2D eigenvalue weighted by Crippen LogP contribution is -2.03. The van der Waals surface area contributed by atoms with Crippen LogP contribution < -0.4 is 0 Å². The van der Waals surface area contributed by atoms with Crippen LogP contribution in [0.2, 0.25) is 0 Å². The molecule has 0 aromatic carbocycles. The van der Waals surface area contributed by atoms with Crippen molar-refractivity contribution in [2.75, 3.05) is 13.7 Å². The van der Waals surface area contributed by atoms with E-state index in [2.05, 4.69) is 0 Å². The van der Waals surface area contributed by atoms with Gasteiger partial charge in [0.05, 0.1) is 6.10 Å². The zero-order valence-electron chi connectivity index (χ0n) is 4.85. The van der Waals surface area contributed by atoms with Crippen LogP contribution in [0.25, 0.3) is 0 Å². The van der Waals surface area contributed by atoms with E-state index in [9.17, 15) is 0 Å². The van der Waals surface area contributed by atoms with Gasteiger partial charge in [-0.15, -0.1) is 0 Å². The third-order valence-corrected chi connectivity index (χ3v) is 0.740. The third kappa shape index (κ3) is 5.92.